The number of hydrogen-bond donors (Lipinski definition) is 0. The second-order valence-electron chi connectivity index (χ2n) is 5.58. The number of non-ortho nitro benzene ring substituents is 1. The molecule has 0 aliphatic heterocycles. The Kier molecular flexibility index (Phi) is 4.58. The van der Waals surface area contributed by atoms with Crippen LogP contribution in [0.5, 0.6) is 5.75 Å². The number of para-hydroxylation sites is 1. The van der Waals surface area contributed by atoms with Crippen LogP contribution in [0.3, 0.4) is 0 Å². The number of fused-ring (bicyclic) bond motifs is 1. The van der Waals surface area contributed by atoms with Crippen molar-refractivity contribution in [3.05, 3.63) is 64.8 Å². The van der Waals surface area contributed by atoms with Crippen LogP contribution in [0.15, 0.2) is 54.7 Å². The molecule has 0 radical (unpaired) electrons. The fourth-order valence-corrected chi connectivity index (χ4v) is 2.54. The Balaban J connectivity index is 2.22. The number of ether oxygens (including phenoxy) is 1. The molecule has 2 aromatic carbocycles. The van der Waals surface area contributed by atoms with Gasteiger partial charge in [0.1, 0.15) is 5.75 Å². The molecule has 25 heavy (non-hydrogen) atoms. The van der Waals surface area contributed by atoms with E-state index in [0.29, 0.717) is 11.3 Å². The fourth-order valence-electron chi connectivity index (χ4n) is 2.45. The highest BCUT2D eigenvalue weighted by Gasteiger charge is 2.17. The van der Waals surface area contributed by atoms with Gasteiger partial charge < -0.3 is 9.64 Å². The van der Waals surface area contributed by atoms with E-state index in [2.05, 4.69) is 4.98 Å². The van der Waals surface area contributed by atoms with Gasteiger partial charge in [0, 0.05) is 43.4 Å². The van der Waals surface area contributed by atoms with Crippen molar-refractivity contribution in [3.8, 4) is 16.9 Å². The molecule has 3 rings (SSSR count). The van der Waals surface area contributed by atoms with E-state index in [1.165, 1.54) is 12.1 Å². The van der Waals surface area contributed by atoms with Crippen molar-refractivity contribution < 1.29 is 9.66 Å². The fraction of sp³-hybridized carbons (Fsp3) is 0.111. The van der Waals surface area contributed by atoms with Gasteiger partial charge in [-0.1, -0.05) is 18.2 Å². The van der Waals surface area contributed by atoms with Crippen molar-refractivity contribution in [2.45, 2.75) is 0 Å². The zero-order valence-electron chi connectivity index (χ0n) is 13.7. The van der Waals surface area contributed by atoms with E-state index in [1.807, 2.05) is 30.3 Å². The van der Waals surface area contributed by atoms with Gasteiger partial charge in [0.2, 0.25) is 0 Å². The third-order valence-electron chi connectivity index (χ3n) is 3.68. The third-order valence-corrected chi connectivity index (χ3v) is 4.12. The van der Waals surface area contributed by atoms with Gasteiger partial charge in [0.05, 0.1) is 10.4 Å². The molecule has 6 nitrogen and oxygen atoms in total. The number of nitrogens with zero attached hydrogens (tertiary/aromatic N) is 3. The standard InChI is InChI=1S/C18H15N3O3S/c1-20(2)18(25)24-17-8-7-12(21(22)23)11-15(17)13-9-10-19-16-6-4-3-5-14(13)16/h3-11H,1-2H3. The number of hydrogen-bond acceptors (Lipinski definition) is 5. The molecule has 0 aliphatic rings. The Morgan fingerprint density at radius 3 is 2.64 bits per heavy atom. The summed E-state index contributed by atoms with van der Waals surface area (Å²) >= 11 is 5.21. The summed E-state index contributed by atoms with van der Waals surface area (Å²) in [6.45, 7) is 0. The lowest BCUT2D eigenvalue weighted by Gasteiger charge is -2.17. The average Bonchev–Trinajstić information content (AvgIpc) is 2.61. The maximum absolute atomic E-state index is 11.2. The Morgan fingerprint density at radius 2 is 1.92 bits per heavy atom. The number of nitro benzene ring substituents is 1. The molecule has 1 heterocycles. The number of benzene rings is 2. The zero-order chi connectivity index (χ0) is 18.0. The lowest BCUT2D eigenvalue weighted by Crippen LogP contribution is -2.25. The van der Waals surface area contributed by atoms with Crippen molar-refractivity contribution in [2.75, 3.05) is 14.1 Å². The van der Waals surface area contributed by atoms with Crippen LogP contribution in [0, 0.1) is 10.1 Å². The van der Waals surface area contributed by atoms with Gasteiger partial charge in [-0.15, -0.1) is 0 Å². The van der Waals surface area contributed by atoms with Crippen LogP contribution in [-0.2, 0) is 0 Å². The first-order valence-electron chi connectivity index (χ1n) is 7.49. The first kappa shape index (κ1) is 16.8. The predicted octanol–water partition coefficient (Wildman–Crippen LogP) is 4.04. The molecule has 0 spiro atoms. The van der Waals surface area contributed by atoms with Crippen LogP contribution in [0.4, 0.5) is 5.69 Å². The van der Waals surface area contributed by atoms with Gasteiger partial charge in [-0.25, -0.2) is 0 Å². The SMILES string of the molecule is CN(C)C(=S)Oc1ccc([N+](=O)[O-])cc1-c1ccnc2ccccc12. The molecule has 3 aromatic rings. The summed E-state index contributed by atoms with van der Waals surface area (Å²) in [5.41, 5.74) is 2.18. The second-order valence-corrected chi connectivity index (χ2v) is 5.92. The van der Waals surface area contributed by atoms with Crippen molar-refractivity contribution in [1.82, 2.24) is 9.88 Å². The minimum absolute atomic E-state index is 0.0148. The number of nitro groups is 1. The molecule has 126 valence electrons. The monoisotopic (exact) mass is 353 g/mol. The first-order valence-corrected chi connectivity index (χ1v) is 7.90. The highest BCUT2D eigenvalue weighted by molar-refractivity contribution is 7.80. The topological polar surface area (TPSA) is 68.5 Å². The maximum Gasteiger partial charge on any atom is 0.270 e. The summed E-state index contributed by atoms with van der Waals surface area (Å²) in [6, 6.07) is 13.9. The largest absolute Gasteiger partial charge is 0.431 e. The Morgan fingerprint density at radius 1 is 1.16 bits per heavy atom. The number of thiocarbonyl (C=S) groups is 1. The van der Waals surface area contributed by atoms with E-state index in [9.17, 15) is 10.1 Å². The minimum atomic E-state index is -0.430. The molecule has 0 bridgehead atoms. The lowest BCUT2D eigenvalue weighted by molar-refractivity contribution is -0.384. The van der Waals surface area contributed by atoms with Gasteiger partial charge in [0.25, 0.3) is 10.9 Å². The summed E-state index contributed by atoms with van der Waals surface area (Å²) in [6.07, 6.45) is 1.67. The third kappa shape index (κ3) is 3.41. The van der Waals surface area contributed by atoms with Gasteiger partial charge in [-0.3, -0.25) is 15.1 Å². The van der Waals surface area contributed by atoms with Gasteiger partial charge >= 0.3 is 0 Å². The quantitative estimate of drug-likeness (QED) is 0.402. The van der Waals surface area contributed by atoms with E-state index in [1.54, 1.807) is 31.3 Å². The van der Waals surface area contributed by atoms with E-state index in [4.69, 9.17) is 17.0 Å². The van der Waals surface area contributed by atoms with E-state index >= 15 is 0 Å². The van der Waals surface area contributed by atoms with Crippen LogP contribution < -0.4 is 4.74 Å². The molecule has 0 fully saturated rings. The Hall–Kier alpha value is -3.06. The smallest absolute Gasteiger partial charge is 0.270 e. The molecule has 7 heteroatoms. The molecule has 0 saturated heterocycles. The molecule has 0 atom stereocenters. The van der Waals surface area contributed by atoms with Crippen molar-refractivity contribution >= 4 is 34.0 Å². The molecule has 0 unspecified atom stereocenters. The minimum Gasteiger partial charge on any atom is -0.431 e. The lowest BCUT2D eigenvalue weighted by atomic mass is 10.00. The molecule has 0 saturated carbocycles. The van der Waals surface area contributed by atoms with Gasteiger partial charge in [0.15, 0.2) is 0 Å². The number of rotatable bonds is 3. The summed E-state index contributed by atoms with van der Waals surface area (Å²) in [5, 5.41) is 12.4. The van der Waals surface area contributed by atoms with E-state index in [-0.39, 0.29) is 10.9 Å². The predicted molar refractivity (Wildman–Crippen MR) is 101 cm³/mol. The molecule has 0 N–H and O–H groups in total. The summed E-state index contributed by atoms with van der Waals surface area (Å²) in [4.78, 5) is 16.8. The number of aromatic nitrogens is 1. The molecule has 0 aliphatic carbocycles. The summed E-state index contributed by atoms with van der Waals surface area (Å²) in [7, 11) is 3.55. The second kappa shape index (κ2) is 6.82. The molecule has 1 aromatic heterocycles. The van der Waals surface area contributed by atoms with Crippen molar-refractivity contribution in [3.63, 3.8) is 0 Å². The number of pyridine rings is 1. The van der Waals surface area contributed by atoms with Gasteiger partial charge in [-0.2, -0.15) is 0 Å². The highest BCUT2D eigenvalue weighted by Crippen LogP contribution is 2.37. The van der Waals surface area contributed by atoms with Crippen LogP contribution in [-0.4, -0.2) is 34.1 Å². The molecular formula is C18H15N3O3S. The molecular weight excluding hydrogens is 338 g/mol. The Labute approximate surface area is 149 Å². The van der Waals surface area contributed by atoms with E-state index < -0.39 is 4.92 Å². The van der Waals surface area contributed by atoms with Crippen molar-refractivity contribution in [2.24, 2.45) is 0 Å². The van der Waals surface area contributed by atoms with Crippen LogP contribution >= 0.6 is 12.2 Å². The molecule has 0 amide bonds. The van der Waals surface area contributed by atoms with Crippen LogP contribution in [0.1, 0.15) is 0 Å². The summed E-state index contributed by atoms with van der Waals surface area (Å²) < 4.78 is 5.76. The van der Waals surface area contributed by atoms with Gasteiger partial charge in [-0.05, 0) is 36.0 Å². The highest BCUT2D eigenvalue weighted by atomic mass is 32.1. The average molecular weight is 353 g/mol. The zero-order valence-corrected chi connectivity index (χ0v) is 14.5. The van der Waals surface area contributed by atoms with E-state index in [0.717, 1.165) is 16.5 Å². The first-order chi connectivity index (χ1) is 12.0. The van der Waals surface area contributed by atoms with Crippen molar-refractivity contribution in [1.29, 1.82) is 0 Å². The normalized spacial score (nSPS) is 10.5. The van der Waals surface area contributed by atoms with Crippen LogP contribution in [0.2, 0.25) is 0 Å². The summed E-state index contributed by atoms with van der Waals surface area (Å²) in [5.74, 6) is 0.459. The maximum atomic E-state index is 11.2. The Bertz CT molecular complexity index is 967. The van der Waals surface area contributed by atoms with Crippen LogP contribution in [0.25, 0.3) is 22.0 Å².